The average Bonchev–Trinajstić information content (AvgIpc) is 3.19. The van der Waals surface area contributed by atoms with Crippen LogP contribution in [0.4, 0.5) is 0 Å². The van der Waals surface area contributed by atoms with Gasteiger partial charge in [0.05, 0.1) is 5.69 Å². The number of hydrogen-bond donors (Lipinski definition) is 0. The number of pyridine rings is 1. The van der Waals surface area contributed by atoms with Crippen molar-refractivity contribution in [2.75, 3.05) is 0 Å². The van der Waals surface area contributed by atoms with Gasteiger partial charge in [-0.15, -0.1) is 0 Å². The third-order valence-corrected chi connectivity index (χ3v) is 11.7. The molecule has 6 aliphatic carbocycles. The second kappa shape index (κ2) is 14.7. The lowest BCUT2D eigenvalue weighted by Crippen LogP contribution is -2.16. The molecule has 2 unspecified atom stereocenters. The predicted octanol–water partition coefficient (Wildman–Crippen LogP) is 11.5. The van der Waals surface area contributed by atoms with Crippen LogP contribution in [0.2, 0.25) is 0 Å². The first-order valence-corrected chi connectivity index (χ1v) is 19.0. The van der Waals surface area contributed by atoms with Crippen LogP contribution in [0, 0.1) is 0 Å². The summed E-state index contributed by atoms with van der Waals surface area (Å²) in [6.45, 7) is 0. The Balaban J connectivity index is 1.03. The Hall–Kier alpha value is -3.92. The number of allylic oxidation sites excluding steroid dienone is 16. The molecule has 2 aromatic rings. The molecule has 2 atom stereocenters. The molecule has 0 aliphatic heterocycles. The molecular weight excluding hydrogens is 585 g/mol. The fourth-order valence-corrected chi connectivity index (χ4v) is 8.79. The fraction of sp³-hybridized carbons (Fsp3) is 0.455. The van der Waals surface area contributed by atoms with Crippen molar-refractivity contribution in [3.05, 3.63) is 131 Å². The second-order valence-electron chi connectivity index (χ2n) is 14.8. The predicted molar refractivity (Wildman–Crippen MR) is 198 cm³/mol. The number of nitrogens with zero attached hydrogens (tertiary/aromatic N) is 4. The molecule has 2 aromatic heterocycles. The Morgan fingerprint density at radius 1 is 0.500 bits per heavy atom. The van der Waals surface area contributed by atoms with Crippen molar-refractivity contribution in [2.24, 2.45) is 0 Å². The summed E-state index contributed by atoms with van der Waals surface area (Å²) in [5.41, 5.74) is 9.74. The molecule has 0 N–H and O–H groups in total. The summed E-state index contributed by atoms with van der Waals surface area (Å²) < 4.78 is 0. The topological polar surface area (TPSA) is 51.6 Å². The van der Waals surface area contributed by atoms with E-state index in [0.717, 1.165) is 56.0 Å². The molecule has 0 spiro atoms. The van der Waals surface area contributed by atoms with Crippen LogP contribution in [0.3, 0.4) is 0 Å². The van der Waals surface area contributed by atoms with Crippen LogP contribution in [-0.4, -0.2) is 19.9 Å². The molecule has 2 heterocycles. The molecule has 4 heteroatoms. The van der Waals surface area contributed by atoms with E-state index in [2.05, 4.69) is 85.2 Å². The molecule has 0 bridgehead atoms. The lowest BCUT2D eigenvalue weighted by molar-refractivity contribution is 0.425. The summed E-state index contributed by atoms with van der Waals surface area (Å²) >= 11 is 0. The van der Waals surface area contributed by atoms with Gasteiger partial charge in [0.25, 0.3) is 0 Å². The van der Waals surface area contributed by atoms with E-state index >= 15 is 0 Å². The highest BCUT2D eigenvalue weighted by Crippen LogP contribution is 2.41. The van der Waals surface area contributed by atoms with Gasteiger partial charge < -0.3 is 0 Å². The zero-order valence-corrected chi connectivity index (χ0v) is 28.5. The molecule has 6 aliphatic rings. The first-order valence-electron chi connectivity index (χ1n) is 19.0. The van der Waals surface area contributed by atoms with E-state index in [-0.39, 0.29) is 5.92 Å². The first kappa shape index (κ1) is 31.4. The molecular formula is C44H50N4. The highest BCUT2D eigenvalue weighted by Gasteiger charge is 2.26. The summed E-state index contributed by atoms with van der Waals surface area (Å²) in [4.78, 5) is 20.4. The van der Waals surface area contributed by atoms with E-state index in [9.17, 15) is 0 Å². The van der Waals surface area contributed by atoms with E-state index < -0.39 is 0 Å². The Morgan fingerprint density at radius 2 is 1.08 bits per heavy atom. The average molecular weight is 635 g/mol. The molecule has 0 saturated heterocycles. The van der Waals surface area contributed by atoms with E-state index in [1.807, 2.05) is 0 Å². The number of hydrogen-bond acceptors (Lipinski definition) is 4. The van der Waals surface area contributed by atoms with Gasteiger partial charge in [0.1, 0.15) is 11.6 Å². The molecule has 48 heavy (non-hydrogen) atoms. The SMILES string of the molecule is C1=CCC(c2nc(C3=CC=C(C4=CC=C(c5cc(C6C=CC=CC6)c(C6CCCCC6)cn5)CC4)CC3)nc(C3CCCCC3)n2)C=C1. The molecule has 2 saturated carbocycles. The maximum atomic E-state index is 5.13. The Labute approximate surface area is 287 Å². The van der Waals surface area contributed by atoms with Gasteiger partial charge in [0, 0.05) is 24.0 Å². The highest BCUT2D eigenvalue weighted by molar-refractivity contribution is 5.70. The molecule has 8 rings (SSSR count). The van der Waals surface area contributed by atoms with E-state index in [1.54, 1.807) is 0 Å². The van der Waals surface area contributed by atoms with Crippen LogP contribution in [0.15, 0.2) is 96.3 Å². The maximum Gasteiger partial charge on any atom is 0.159 e. The Kier molecular flexibility index (Phi) is 9.59. The van der Waals surface area contributed by atoms with Gasteiger partial charge in [0.15, 0.2) is 5.82 Å². The zero-order valence-electron chi connectivity index (χ0n) is 28.5. The third kappa shape index (κ3) is 6.95. The van der Waals surface area contributed by atoms with E-state index in [4.69, 9.17) is 19.9 Å². The van der Waals surface area contributed by atoms with Crippen molar-refractivity contribution in [3.8, 4) is 0 Å². The quantitative estimate of drug-likeness (QED) is 0.304. The van der Waals surface area contributed by atoms with Gasteiger partial charge >= 0.3 is 0 Å². The number of aromatic nitrogens is 4. The monoisotopic (exact) mass is 634 g/mol. The minimum Gasteiger partial charge on any atom is -0.256 e. The minimum atomic E-state index is 0.243. The Morgan fingerprint density at radius 3 is 1.71 bits per heavy atom. The van der Waals surface area contributed by atoms with Gasteiger partial charge in [-0.3, -0.25) is 4.98 Å². The highest BCUT2D eigenvalue weighted by atomic mass is 15.0. The van der Waals surface area contributed by atoms with Crippen molar-refractivity contribution < 1.29 is 0 Å². The van der Waals surface area contributed by atoms with Crippen molar-refractivity contribution in [3.63, 3.8) is 0 Å². The van der Waals surface area contributed by atoms with Gasteiger partial charge in [-0.1, -0.05) is 111 Å². The van der Waals surface area contributed by atoms with Gasteiger partial charge in [-0.05, 0) is 110 Å². The Bertz CT molecular complexity index is 1750. The summed E-state index contributed by atoms with van der Waals surface area (Å²) in [6, 6.07) is 2.45. The van der Waals surface area contributed by atoms with Crippen LogP contribution in [0.25, 0.3) is 11.1 Å². The lowest BCUT2D eigenvalue weighted by atomic mass is 9.78. The molecule has 0 aromatic carbocycles. The molecule has 0 radical (unpaired) electrons. The summed E-state index contributed by atoms with van der Waals surface area (Å²) in [6.07, 6.45) is 48.7. The zero-order chi connectivity index (χ0) is 32.1. The summed E-state index contributed by atoms with van der Waals surface area (Å²) in [5.74, 6) is 4.73. The number of rotatable bonds is 7. The van der Waals surface area contributed by atoms with Crippen molar-refractivity contribution >= 4 is 11.1 Å². The maximum absolute atomic E-state index is 5.13. The van der Waals surface area contributed by atoms with Gasteiger partial charge in [-0.25, -0.2) is 15.0 Å². The van der Waals surface area contributed by atoms with Gasteiger partial charge in [-0.2, -0.15) is 0 Å². The van der Waals surface area contributed by atoms with Crippen LogP contribution in [0.1, 0.15) is 161 Å². The van der Waals surface area contributed by atoms with E-state index in [0.29, 0.717) is 17.8 Å². The molecule has 2 fully saturated rings. The van der Waals surface area contributed by atoms with Crippen molar-refractivity contribution in [2.45, 2.75) is 126 Å². The largest absolute Gasteiger partial charge is 0.256 e. The molecule has 4 nitrogen and oxygen atoms in total. The minimum absolute atomic E-state index is 0.243. The van der Waals surface area contributed by atoms with Crippen LogP contribution < -0.4 is 0 Å². The van der Waals surface area contributed by atoms with Crippen molar-refractivity contribution in [1.82, 2.24) is 19.9 Å². The standard InChI is InChI=1S/C44H50N4/c1-5-13-33(14-6-1)39-29-41(45-30-40(39)34-15-7-2-8-16-34)35-25-21-31(22-26-35)32-23-27-38(28-24-32)44-47-42(36-17-9-3-10-18-36)46-43(48-44)37-19-11-4-12-20-37/h1,3,5-6,9-10,13,17,21,23,25,27,29-30,33-34,36-37H,2,4,7-8,11-12,14-16,18-20,22,24,26,28H2. The van der Waals surface area contributed by atoms with Crippen LogP contribution in [0.5, 0.6) is 0 Å². The van der Waals surface area contributed by atoms with Gasteiger partial charge in [0.2, 0.25) is 0 Å². The lowest BCUT2D eigenvalue weighted by Gasteiger charge is -2.27. The van der Waals surface area contributed by atoms with Crippen LogP contribution in [-0.2, 0) is 0 Å². The second-order valence-corrected chi connectivity index (χ2v) is 14.8. The smallest absolute Gasteiger partial charge is 0.159 e. The molecule has 246 valence electrons. The molecule has 0 amide bonds. The fourth-order valence-electron chi connectivity index (χ4n) is 8.79. The van der Waals surface area contributed by atoms with E-state index in [1.165, 1.54) is 103 Å². The summed E-state index contributed by atoms with van der Waals surface area (Å²) in [7, 11) is 0. The third-order valence-electron chi connectivity index (χ3n) is 11.7. The van der Waals surface area contributed by atoms with Crippen LogP contribution >= 0.6 is 0 Å². The van der Waals surface area contributed by atoms with Crippen molar-refractivity contribution in [1.29, 1.82) is 0 Å². The summed E-state index contributed by atoms with van der Waals surface area (Å²) in [5, 5.41) is 0. The normalized spacial score (nSPS) is 25.0. The first-order chi connectivity index (χ1) is 23.8.